The van der Waals surface area contributed by atoms with Gasteiger partial charge >= 0.3 is 0 Å². The fourth-order valence-electron chi connectivity index (χ4n) is 2.80. The van der Waals surface area contributed by atoms with E-state index in [1.807, 2.05) is 38.4 Å². The minimum Gasteiger partial charge on any atom is -0.454 e. The zero-order valence-electron chi connectivity index (χ0n) is 13.7. The summed E-state index contributed by atoms with van der Waals surface area (Å²) in [6.07, 6.45) is 2.49. The summed E-state index contributed by atoms with van der Waals surface area (Å²) in [5.41, 5.74) is 2.39. The van der Waals surface area contributed by atoms with Crippen molar-refractivity contribution in [2.45, 2.75) is 32.5 Å². The summed E-state index contributed by atoms with van der Waals surface area (Å²) in [6.45, 7) is 4.51. The summed E-state index contributed by atoms with van der Waals surface area (Å²) in [4.78, 5) is 2.26. The molecule has 3 rings (SSSR count). The maximum absolute atomic E-state index is 10.1. The molecule has 0 spiro atoms. The Hall–Kier alpha value is -1.98. The van der Waals surface area contributed by atoms with Crippen molar-refractivity contribution in [3.8, 4) is 11.5 Å². The third-order valence-corrected chi connectivity index (χ3v) is 4.22. The molecule has 124 valence electrons. The smallest absolute Gasteiger partial charge is 0.231 e. The highest BCUT2D eigenvalue weighted by Gasteiger charge is 2.17. The number of aromatic nitrogens is 1. The minimum absolute atomic E-state index is 0.292. The van der Waals surface area contributed by atoms with E-state index in [1.165, 1.54) is 5.69 Å². The Labute approximate surface area is 137 Å². The molecule has 0 bridgehead atoms. The molecule has 1 aromatic carbocycles. The summed E-state index contributed by atoms with van der Waals surface area (Å²) in [6, 6.07) is 10.2. The molecule has 0 radical (unpaired) electrons. The van der Waals surface area contributed by atoms with Crippen LogP contribution in [0, 0.1) is 0 Å². The first kappa shape index (κ1) is 15.9. The van der Waals surface area contributed by atoms with Crippen LogP contribution in [-0.4, -0.2) is 34.0 Å². The highest BCUT2D eigenvalue weighted by atomic mass is 16.7. The lowest BCUT2D eigenvalue weighted by Crippen LogP contribution is -2.32. The van der Waals surface area contributed by atoms with Crippen LogP contribution in [0.1, 0.15) is 24.6 Å². The standard InChI is InChI=1S/C18H24N2O3/c1-3-16(21)12-20(11-15-5-4-8-19(15)2)10-14-6-7-17-18(9-14)23-13-22-17/h4-9,16,21H,3,10-13H2,1-2H3. The van der Waals surface area contributed by atoms with Gasteiger partial charge in [-0.25, -0.2) is 0 Å². The first-order valence-corrected chi connectivity index (χ1v) is 8.05. The lowest BCUT2D eigenvalue weighted by molar-refractivity contribution is 0.100. The largest absolute Gasteiger partial charge is 0.454 e. The van der Waals surface area contributed by atoms with Crippen molar-refractivity contribution in [1.82, 2.24) is 9.47 Å². The first-order valence-electron chi connectivity index (χ1n) is 8.05. The summed E-state index contributed by atoms with van der Waals surface area (Å²) in [7, 11) is 2.05. The maximum Gasteiger partial charge on any atom is 0.231 e. The van der Waals surface area contributed by atoms with Crippen LogP contribution < -0.4 is 9.47 Å². The normalized spacial score (nSPS) is 14.4. The van der Waals surface area contributed by atoms with E-state index in [4.69, 9.17) is 9.47 Å². The second-order valence-electron chi connectivity index (χ2n) is 6.03. The number of hydrogen-bond donors (Lipinski definition) is 1. The van der Waals surface area contributed by atoms with Gasteiger partial charge in [-0.05, 0) is 36.2 Å². The molecule has 0 fully saturated rings. The SMILES string of the molecule is CCC(O)CN(Cc1ccc2c(c1)OCO2)Cc1cccn1C. The first-order chi connectivity index (χ1) is 11.2. The number of aliphatic hydroxyl groups is 1. The highest BCUT2D eigenvalue weighted by Crippen LogP contribution is 2.32. The van der Waals surface area contributed by atoms with Crippen molar-refractivity contribution < 1.29 is 14.6 Å². The number of hydrogen-bond acceptors (Lipinski definition) is 4. The molecule has 0 saturated carbocycles. The summed E-state index contributed by atoms with van der Waals surface area (Å²) >= 11 is 0. The molecule has 1 aliphatic rings. The Morgan fingerprint density at radius 2 is 2.04 bits per heavy atom. The predicted molar refractivity (Wildman–Crippen MR) is 88.4 cm³/mol. The summed E-state index contributed by atoms with van der Waals surface area (Å²) < 4.78 is 12.9. The van der Waals surface area contributed by atoms with Gasteiger partial charge in [-0.15, -0.1) is 0 Å². The molecule has 0 aliphatic carbocycles. The molecular formula is C18H24N2O3. The van der Waals surface area contributed by atoms with Crippen LogP contribution >= 0.6 is 0 Å². The Kier molecular flexibility index (Phi) is 4.88. The fraction of sp³-hybridized carbons (Fsp3) is 0.444. The average Bonchev–Trinajstić information content (AvgIpc) is 3.16. The zero-order valence-corrected chi connectivity index (χ0v) is 13.7. The number of nitrogens with zero attached hydrogens (tertiary/aromatic N) is 2. The van der Waals surface area contributed by atoms with E-state index >= 15 is 0 Å². The molecule has 5 nitrogen and oxygen atoms in total. The molecule has 1 aliphatic heterocycles. The Morgan fingerprint density at radius 1 is 1.22 bits per heavy atom. The molecule has 23 heavy (non-hydrogen) atoms. The third-order valence-electron chi connectivity index (χ3n) is 4.22. The zero-order chi connectivity index (χ0) is 16.2. The van der Waals surface area contributed by atoms with Crippen LogP contribution in [-0.2, 0) is 20.1 Å². The highest BCUT2D eigenvalue weighted by molar-refractivity contribution is 5.44. The molecule has 1 atom stereocenters. The predicted octanol–water partition coefficient (Wildman–Crippen LogP) is 2.53. The number of rotatable bonds is 7. The Balaban J connectivity index is 1.73. The van der Waals surface area contributed by atoms with Gasteiger partial charge in [0.25, 0.3) is 0 Å². The van der Waals surface area contributed by atoms with Gasteiger partial charge in [0.05, 0.1) is 6.10 Å². The third kappa shape index (κ3) is 3.86. The monoisotopic (exact) mass is 316 g/mol. The van der Waals surface area contributed by atoms with E-state index < -0.39 is 0 Å². The molecule has 2 heterocycles. The molecule has 2 aromatic rings. The summed E-state index contributed by atoms with van der Waals surface area (Å²) in [5.74, 6) is 1.61. The Morgan fingerprint density at radius 3 is 2.78 bits per heavy atom. The van der Waals surface area contributed by atoms with Gasteiger partial charge in [0.15, 0.2) is 11.5 Å². The maximum atomic E-state index is 10.1. The number of aliphatic hydroxyl groups excluding tert-OH is 1. The molecule has 5 heteroatoms. The van der Waals surface area contributed by atoms with E-state index in [0.717, 1.165) is 36.6 Å². The number of fused-ring (bicyclic) bond motifs is 1. The molecule has 1 N–H and O–H groups in total. The van der Waals surface area contributed by atoms with Crippen molar-refractivity contribution in [3.63, 3.8) is 0 Å². The van der Waals surface area contributed by atoms with Crippen molar-refractivity contribution in [3.05, 3.63) is 47.8 Å². The van der Waals surface area contributed by atoms with Gasteiger partial charge < -0.3 is 19.1 Å². The lowest BCUT2D eigenvalue weighted by Gasteiger charge is -2.25. The van der Waals surface area contributed by atoms with Crippen molar-refractivity contribution in [2.24, 2.45) is 7.05 Å². The average molecular weight is 316 g/mol. The second kappa shape index (κ2) is 7.06. The van der Waals surface area contributed by atoms with E-state index in [2.05, 4.69) is 21.6 Å². The lowest BCUT2D eigenvalue weighted by atomic mass is 10.1. The van der Waals surface area contributed by atoms with Crippen LogP contribution in [0.15, 0.2) is 36.5 Å². The topological polar surface area (TPSA) is 46.9 Å². The van der Waals surface area contributed by atoms with Crippen LogP contribution in [0.2, 0.25) is 0 Å². The summed E-state index contributed by atoms with van der Waals surface area (Å²) in [5, 5.41) is 10.1. The number of benzene rings is 1. The molecular weight excluding hydrogens is 292 g/mol. The van der Waals surface area contributed by atoms with Gasteiger partial charge in [-0.2, -0.15) is 0 Å². The van der Waals surface area contributed by atoms with Gasteiger partial charge in [-0.3, -0.25) is 4.90 Å². The number of aryl methyl sites for hydroxylation is 1. The van der Waals surface area contributed by atoms with Crippen molar-refractivity contribution in [1.29, 1.82) is 0 Å². The van der Waals surface area contributed by atoms with E-state index in [9.17, 15) is 5.11 Å². The van der Waals surface area contributed by atoms with Gasteiger partial charge in [0, 0.05) is 38.6 Å². The minimum atomic E-state index is -0.315. The van der Waals surface area contributed by atoms with E-state index in [1.54, 1.807) is 0 Å². The van der Waals surface area contributed by atoms with Crippen molar-refractivity contribution in [2.75, 3.05) is 13.3 Å². The van der Waals surface area contributed by atoms with Gasteiger partial charge in [0.1, 0.15) is 0 Å². The van der Waals surface area contributed by atoms with Crippen LogP contribution in [0.3, 0.4) is 0 Å². The van der Waals surface area contributed by atoms with E-state index in [-0.39, 0.29) is 6.10 Å². The Bertz CT molecular complexity index is 653. The molecule has 1 aromatic heterocycles. The van der Waals surface area contributed by atoms with Gasteiger partial charge in [-0.1, -0.05) is 13.0 Å². The number of ether oxygens (including phenoxy) is 2. The van der Waals surface area contributed by atoms with Crippen molar-refractivity contribution >= 4 is 0 Å². The van der Waals surface area contributed by atoms with Crippen LogP contribution in [0.5, 0.6) is 11.5 Å². The fourth-order valence-corrected chi connectivity index (χ4v) is 2.80. The quantitative estimate of drug-likeness (QED) is 0.853. The van der Waals surface area contributed by atoms with Crippen LogP contribution in [0.25, 0.3) is 0 Å². The molecule has 0 saturated heterocycles. The molecule has 0 amide bonds. The van der Waals surface area contributed by atoms with Crippen LogP contribution in [0.4, 0.5) is 0 Å². The van der Waals surface area contributed by atoms with E-state index in [0.29, 0.717) is 13.3 Å². The second-order valence-corrected chi connectivity index (χ2v) is 6.03. The van der Waals surface area contributed by atoms with Gasteiger partial charge in [0.2, 0.25) is 6.79 Å². The molecule has 1 unspecified atom stereocenters.